The van der Waals surface area contributed by atoms with E-state index in [1.807, 2.05) is 0 Å². The predicted octanol–water partition coefficient (Wildman–Crippen LogP) is 0.854. The van der Waals surface area contributed by atoms with Crippen LogP contribution in [0, 0.1) is 0 Å². The largest absolute Gasteiger partial charge is 0.383 e. The summed E-state index contributed by atoms with van der Waals surface area (Å²) in [6.45, 7) is 1.00. The second-order valence-corrected chi connectivity index (χ2v) is 4.07. The van der Waals surface area contributed by atoms with Crippen LogP contribution < -0.4 is 10.9 Å². The molecule has 0 amide bonds. The zero-order chi connectivity index (χ0) is 11.4. The fourth-order valence-corrected chi connectivity index (χ4v) is 1.65. The summed E-state index contributed by atoms with van der Waals surface area (Å²) in [5.74, 6) is 0. The Balaban J connectivity index is 2.00. The molecule has 0 unspecified atom stereocenters. The topological polar surface area (TPSA) is 56.1 Å². The van der Waals surface area contributed by atoms with E-state index in [4.69, 9.17) is 4.74 Å². The van der Waals surface area contributed by atoms with Gasteiger partial charge in [-0.2, -0.15) is 5.10 Å². The molecule has 0 aliphatic heterocycles. The number of anilines is 1. The molecule has 1 saturated carbocycles. The van der Waals surface area contributed by atoms with Crippen molar-refractivity contribution in [3.63, 3.8) is 0 Å². The molecule has 0 bridgehead atoms. The first-order valence-electron chi connectivity index (χ1n) is 5.62. The van der Waals surface area contributed by atoms with Crippen molar-refractivity contribution in [3.8, 4) is 0 Å². The molecule has 0 radical (unpaired) electrons. The summed E-state index contributed by atoms with van der Waals surface area (Å²) in [7, 11) is 1.61. The van der Waals surface area contributed by atoms with Crippen molar-refractivity contribution in [2.24, 2.45) is 0 Å². The van der Waals surface area contributed by atoms with Crippen LogP contribution in [-0.2, 0) is 11.3 Å². The van der Waals surface area contributed by atoms with Crippen molar-refractivity contribution in [2.75, 3.05) is 19.0 Å². The van der Waals surface area contributed by atoms with Crippen LogP contribution in [0.15, 0.2) is 17.1 Å². The first-order valence-corrected chi connectivity index (χ1v) is 5.62. The minimum absolute atomic E-state index is 0.0821. The van der Waals surface area contributed by atoms with Gasteiger partial charge >= 0.3 is 0 Å². The lowest BCUT2D eigenvalue weighted by Gasteiger charge is -2.27. The normalized spacial score (nSPS) is 15.8. The highest BCUT2D eigenvalue weighted by molar-refractivity contribution is 5.40. The van der Waals surface area contributed by atoms with E-state index in [1.165, 1.54) is 23.9 Å². The third-order valence-electron chi connectivity index (χ3n) is 2.85. The fourth-order valence-electron chi connectivity index (χ4n) is 1.65. The molecule has 16 heavy (non-hydrogen) atoms. The number of nitrogens with one attached hydrogen (secondary N) is 1. The molecule has 1 aliphatic carbocycles. The number of rotatable bonds is 5. The average molecular weight is 223 g/mol. The molecule has 0 saturated heterocycles. The van der Waals surface area contributed by atoms with Crippen LogP contribution in [0.25, 0.3) is 0 Å². The molecule has 0 spiro atoms. The Labute approximate surface area is 94.4 Å². The van der Waals surface area contributed by atoms with E-state index < -0.39 is 0 Å². The van der Waals surface area contributed by atoms with E-state index in [2.05, 4.69) is 10.4 Å². The Hall–Kier alpha value is -1.36. The first-order chi connectivity index (χ1) is 7.79. The van der Waals surface area contributed by atoms with Gasteiger partial charge in [-0.1, -0.05) is 0 Å². The molecular formula is C11H17N3O2. The van der Waals surface area contributed by atoms with Crippen molar-refractivity contribution in [1.82, 2.24) is 9.78 Å². The quantitative estimate of drug-likeness (QED) is 0.804. The van der Waals surface area contributed by atoms with Crippen molar-refractivity contribution < 1.29 is 4.74 Å². The van der Waals surface area contributed by atoms with Gasteiger partial charge in [0.1, 0.15) is 0 Å². The molecule has 0 atom stereocenters. The third-order valence-corrected chi connectivity index (χ3v) is 2.85. The molecule has 1 heterocycles. The zero-order valence-electron chi connectivity index (χ0n) is 9.48. The standard InChI is InChI=1S/C11H17N3O2/c1-16-6-5-14-11(15)7-10(8-12-14)13-9-3-2-4-9/h7-9,13H,2-6H2,1H3. The van der Waals surface area contributed by atoms with E-state index in [1.54, 1.807) is 19.4 Å². The van der Waals surface area contributed by atoms with Gasteiger partial charge < -0.3 is 10.1 Å². The van der Waals surface area contributed by atoms with Crippen molar-refractivity contribution in [1.29, 1.82) is 0 Å². The summed E-state index contributed by atoms with van der Waals surface area (Å²) in [5, 5.41) is 7.38. The molecular weight excluding hydrogens is 206 g/mol. The summed E-state index contributed by atoms with van der Waals surface area (Å²) in [6.07, 6.45) is 5.35. The average Bonchev–Trinajstić information content (AvgIpc) is 2.22. The van der Waals surface area contributed by atoms with E-state index in [0.29, 0.717) is 19.2 Å². The summed E-state index contributed by atoms with van der Waals surface area (Å²) in [5.41, 5.74) is 0.741. The van der Waals surface area contributed by atoms with Crippen molar-refractivity contribution in [2.45, 2.75) is 31.8 Å². The molecule has 2 rings (SSSR count). The minimum atomic E-state index is -0.0821. The van der Waals surface area contributed by atoms with Gasteiger partial charge in [0.25, 0.3) is 5.56 Å². The molecule has 1 N–H and O–H groups in total. The lowest BCUT2D eigenvalue weighted by molar-refractivity contribution is 0.182. The summed E-state index contributed by atoms with van der Waals surface area (Å²) in [4.78, 5) is 11.6. The van der Waals surface area contributed by atoms with E-state index in [9.17, 15) is 4.79 Å². The van der Waals surface area contributed by atoms with Crippen LogP contribution in [0.5, 0.6) is 0 Å². The second-order valence-electron chi connectivity index (χ2n) is 4.07. The number of hydrogen-bond acceptors (Lipinski definition) is 4. The number of methoxy groups -OCH3 is 1. The second kappa shape index (κ2) is 5.12. The molecule has 1 aromatic heterocycles. The summed E-state index contributed by atoms with van der Waals surface area (Å²) < 4.78 is 6.32. The van der Waals surface area contributed by atoms with Crippen LogP contribution in [0.1, 0.15) is 19.3 Å². The van der Waals surface area contributed by atoms with Gasteiger partial charge in [0, 0.05) is 19.2 Å². The predicted molar refractivity (Wildman–Crippen MR) is 61.6 cm³/mol. The van der Waals surface area contributed by atoms with E-state index >= 15 is 0 Å². The van der Waals surface area contributed by atoms with Crippen LogP contribution in [-0.4, -0.2) is 29.5 Å². The van der Waals surface area contributed by atoms with Gasteiger partial charge in [0.05, 0.1) is 25.0 Å². The minimum Gasteiger partial charge on any atom is -0.383 e. The number of hydrogen-bond donors (Lipinski definition) is 1. The van der Waals surface area contributed by atoms with E-state index in [0.717, 1.165) is 5.69 Å². The molecule has 1 aliphatic rings. The molecule has 88 valence electrons. The number of nitrogens with zero attached hydrogens (tertiary/aromatic N) is 2. The highest BCUT2D eigenvalue weighted by Crippen LogP contribution is 2.21. The van der Waals surface area contributed by atoms with E-state index in [-0.39, 0.29) is 5.56 Å². The highest BCUT2D eigenvalue weighted by Gasteiger charge is 2.17. The van der Waals surface area contributed by atoms with Gasteiger partial charge in [0.15, 0.2) is 0 Å². The lowest BCUT2D eigenvalue weighted by Crippen LogP contribution is -2.29. The molecule has 5 heteroatoms. The monoisotopic (exact) mass is 223 g/mol. The zero-order valence-corrected chi connectivity index (χ0v) is 9.48. The Bertz CT molecular complexity index is 398. The molecule has 0 aromatic carbocycles. The maximum Gasteiger partial charge on any atom is 0.268 e. The Morgan fingerprint density at radius 3 is 3.00 bits per heavy atom. The van der Waals surface area contributed by atoms with Gasteiger partial charge in [0.2, 0.25) is 0 Å². The van der Waals surface area contributed by atoms with Crippen LogP contribution in [0.2, 0.25) is 0 Å². The smallest absolute Gasteiger partial charge is 0.268 e. The Kier molecular flexibility index (Phi) is 3.56. The Morgan fingerprint density at radius 2 is 2.44 bits per heavy atom. The van der Waals surface area contributed by atoms with Crippen LogP contribution in [0.3, 0.4) is 0 Å². The maximum atomic E-state index is 11.6. The summed E-state index contributed by atoms with van der Waals surface area (Å²) >= 11 is 0. The summed E-state index contributed by atoms with van der Waals surface area (Å²) in [6, 6.07) is 2.12. The maximum absolute atomic E-state index is 11.6. The Morgan fingerprint density at radius 1 is 1.62 bits per heavy atom. The number of aromatic nitrogens is 2. The fraction of sp³-hybridized carbons (Fsp3) is 0.636. The number of ether oxygens (including phenoxy) is 1. The lowest BCUT2D eigenvalue weighted by atomic mass is 9.93. The first kappa shape index (κ1) is 11.1. The van der Waals surface area contributed by atoms with Crippen molar-refractivity contribution >= 4 is 5.69 Å². The molecule has 1 fully saturated rings. The molecule has 1 aromatic rings. The molecule has 5 nitrogen and oxygen atoms in total. The SMILES string of the molecule is COCCn1ncc(NC2CCC2)cc1=O. The van der Waals surface area contributed by atoms with Gasteiger partial charge in [-0.05, 0) is 19.3 Å². The van der Waals surface area contributed by atoms with Gasteiger partial charge in [-0.15, -0.1) is 0 Å². The highest BCUT2D eigenvalue weighted by atomic mass is 16.5. The van der Waals surface area contributed by atoms with Crippen LogP contribution in [0.4, 0.5) is 5.69 Å². The third kappa shape index (κ3) is 2.61. The van der Waals surface area contributed by atoms with Crippen LogP contribution >= 0.6 is 0 Å². The van der Waals surface area contributed by atoms with Crippen molar-refractivity contribution in [3.05, 3.63) is 22.6 Å². The van der Waals surface area contributed by atoms with Gasteiger partial charge in [-0.25, -0.2) is 4.68 Å². The van der Waals surface area contributed by atoms with Gasteiger partial charge in [-0.3, -0.25) is 4.79 Å².